The Hall–Kier alpha value is -2.48. The molecule has 1 fully saturated rings. The number of aromatic hydroxyl groups is 1. The number of aryl methyl sites for hydroxylation is 1. The summed E-state index contributed by atoms with van der Waals surface area (Å²) >= 11 is 1.12. The fourth-order valence-electron chi connectivity index (χ4n) is 4.41. The van der Waals surface area contributed by atoms with Crippen LogP contribution in [0.5, 0.6) is 5.75 Å². The molecule has 1 aliphatic rings. The Morgan fingerprint density at radius 3 is 2.48 bits per heavy atom. The fourth-order valence-corrected chi connectivity index (χ4v) is 5.56. The van der Waals surface area contributed by atoms with Gasteiger partial charge in [0.25, 0.3) is 0 Å². The molecule has 0 aliphatic heterocycles. The molecule has 0 unspecified atom stereocenters. The van der Waals surface area contributed by atoms with Gasteiger partial charge >= 0.3 is 12.1 Å². The van der Waals surface area contributed by atoms with Crippen LogP contribution in [0.2, 0.25) is 0 Å². The molecule has 1 saturated carbocycles. The number of alkyl halides is 3. The SMILES string of the molecule is Cn1c(-c2ccc(O)cc2C(F)(F)F)c(C2CCCCC2)c2sc(C(=O)O)cc21. The van der Waals surface area contributed by atoms with Gasteiger partial charge in [-0.15, -0.1) is 11.3 Å². The van der Waals surface area contributed by atoms with Gasteiger partial charge in [-0.3, -0.25) is 0 Å². The van der Waals surface area contributed by atoms with Crippen LogP contribution in [0.3, 0.4) is 0 Å². The van der Waals surface area contributed by atoms with Gasteiger partial charge in [-0.25, -0.2) is 4.79 Å². The summed E-state index contributed by atoms with van der Waals surface area (Å²) in [6, 6.07) is 4.86. The number of benzene rings is 1. The first-order valence-corrected chi connectivity index (χ1v) is 10.3. The van der Waals surface area contributed by atoms with E-state index >= 15 is 0 Å². The predicted molar refractivity (Wildman–Crippen MR) is 106 cm³/mol. The van der Waals surface area contributed by atoms with Gasteiger partial charge in [0.15, 0.2) is 0 Å². The number of hydrogen-bond donors (Lipinski definition) is 2. The highest BCUT2D eigenvalue weighted by atomic mass is 32.1. The Morgan fingerprint density at radius 2 is 1.86 bits per heavy atom. The molecular weight excluding hydrogens is 403 g/mol. The molecule has 2 N–H and O–H groups in total. The average Bonchev–Trinajstić information content (AvgIpc) is 3.21. The number of aromatic carboxylic acids is 1. The van der Waals surface area contributed by atoms with E-state index in [1.54, 1.807) is 11.6 Å². The molecule has 1 aliphatic carbocycles. The first-order chi connectivity index (χ1) is 13.7. The van der Waals surface area contributed by atoms with Crippen molar-refractivity contribution in [1.29, 1.82) is 0 Å². The fraction of sp³-hybridized carbons (Fsp3) is 0.381. The molecule has 29 heavy (non-hydrogen) atoms. The van der Waals surface area contributed by atoms with Crippen molar-refractivity contribution >= 4 is 27.5 Å². The van der Waals surface area contributed by atoms with Gasteiger partial charge < -0.3 is 14.8 Å². The number of rotatable bonds is 3. The minimum Gasteiger partial charge on any atom is -0.508 e. The maximum Gasteiger partial charge on any atom is 0.417 e. The summed E-state index contributed by atoms with van der Waals surface area (Å²) in [6.07, 6.45) is 0.206. The van der Waals surface area contributed by atoms with Gasteiger partial charge in [0.05, 0.1) is 21.5 Å². The van der Waals surface area contributed by atoms with Crippen LogP contribution < -0.4 is 0 Å². The summed E-state index contributed by atoms with van der Waals surface area (Å²) in [7, 11) is 1.68. The Bertz CT molecular complexity index is 1090. The number of carboxylic acid groups (broad SMARTS) is 1. The molecule has 154 valence electrons. The zero-order valence-corrected chi connectivity index (χ0v) is 16.5. The zero-order valence-electron chi connectivity index (χ0n) is 15.7. The van der Waals surface area contributed by atoms with Gasteiger partial charge in [0, 0.05) is 12.6 Å². The molecule has 3 aromatic rings. The second-order valence-corrected chi connectivity index (χ2v) is 8.57. The van der Waals surface area contributed by atoms with Crippen molar-refractivity contribution in [2.75, 3.05) is 0 Å². The monoisotopic (exact) mass is 423 g/mol. The number of fused-ring (bicyclic) bond motifs is 1. The number of carboxylic acids is 1. The number of thiophene rings is 1. The van der Waals surface area contributed by atoms with Crippen LogP contribution in [0.25, 0.3) is 21.5 Å². The van der Waals surface area contributed by atoms with Crippen molar-refractivity contribution in [1.82, 2.24) is 4.57 Å². The minimum atomic E-state index is -4.62. The number of carbonyl (C=O) groups is 1. The Kier molecular flexibility index (Phi) is 4.85. The van der Waals surface area contributed by atoms with E-state index in [1.807, 2.05) is 0 Å². The van der Waals surface area contributed by atoms with Crippen molar-refractivity contribution in [2.24, 2.45) is 7.05 Å². The van der Waals surface area contributed by atoms with E-state index in [4.69, 9.17) is 0 Å². The highest BCUT2D eigenvalue weighted by Gasteiger charge is 2.37. The number of halogens is 3. The summed E-state index contributed by atoms with van der Waals surface area (Å²) in [5.74, 6) is -1.40. The molecule has 4 rings (SSSR count). The number of aromatic nitrogens is 1. The Labute approximate surface area is 169 Å². The topological polar surface area (TPSA) is 62.5 Å². The largest absolute Gasteiger partial charge is 0.508 e. The summed E-state index contributed by atoms with van der Waals surface area (Å²) in [5, 5.41) is 19.1. The molecule has 1 aromatic carbocycles. The number of phenols is 1. The lowest BCUT2D eigenvalue weighted by molar-refractivity contribution is -0.137. The number of phenolic OH excluding ortho intramolecular Hbond substituents is 1. The smallest absolute Gasteiger partial charge is 0.417 e. The van der Waals surface area contributed by atoms with Crippen molar-refractivity contribution in [3.8, 4) is 17.0 Å². The maximum atomic E-state index is 13.8. The van der Waals surface area contributed by atoms with Gasteiger partial charge in [-0.05, 0) is 48.6 Å². The van der Waals surface area contributed by atoms with Crippen LogP contribution in [0, 0.1) is 0 Å². The molecule has 0 spiro atoms. The summed E-state index contributed by atoms with van der Waals surface area (Å²) in [4.78, 5) is 11.6. The van der Waals surface area contributed by atoms with Crippen LogP contribution in [-0.2, 0) is 13.2 Å². The average molecular weight is 423 g/mol. The van der Waals surface area contributed by atoms with Gasteiger partial charge in [-0.1, -0.05) is 19.3 Å². The Balaban J connectivity index is 2.04. The molecule has 2 heterocycles. The van der Waals surface area contributed by atoms with Crippen LogP contribution in [0.4, 0.5) is 13.2 Å². The lowest BCUT2D eigenvalue weighted by Gasteiger charge is -2.24. The third-order valence-corrected chi connectivity index (χ3v) is 6.84. The standard InChI is InChI=1S/C21H20F3NO3S/c1-25-15-10-16(20(27)28)29-19(15)17(11-5-3-2-4-6-11)18(25)13-8-7-12(26)9-14(13)21(22,23)24/h7-11,26H,2-6H2,1H3,(H,27,28). The molecule has 0 atom stereocenters. The predicted octanol–water partition coefficient (Wildman–Crippen LogP) is 6.38. The van der Waals surface area contributed by atoms with Crippen LogP contribution in [0.1, 0.15) is 58.8 Å². The lowest BCUT2D eigenvalue weighted by Crippen LogP contribution is -2.11. The van der Waals surface area contributed by atoms with E-state index in [-0.39, 0.29) is 16.4 Å². The summed E-state index contributed by atoms with van der Waals surface area (Å²) in [5.41, 5.74) is 1.02. The van der Waals surface area contributed by atoms with Crippen molar-refractivity contribution in [2.45, 2.75) is 44.2 Å². The van der Waals surface area contributed by atoms with E-state index in [2.05, 4.69) is 0 Å². The van der Waals surface area contributed by atoms with E-state index in [9.17, 15) is 28.2 Å². The quantitative estimate of drug-likeness (QED) is 0.514. The normalized spacial score (nSPS) is 15.9. The van der Waals surface area contributed by atoms with E-state index < -0.39 is 23.5 Å². The minimum absolute atomic E-state index is 0.0126. The maximum absolute atomic E-state index is 13.8. The molecule has 0 bridgehead atoms. The molecule has 0 amide bonds. The van der Waals surface area contributed by atoms with Crippen LogP contribution in [-0.4, -0.2) is 20.7 Å². The van der Waals surface area contributed by atoms with Gasteiger partial charge in [-0.2, -0.15) is 13.2 Å². The third kappa shape index (κ3) is 3.39. The van der Waals surface area contributed by atoms with Crippen molar-refractivity contribution in [3.05, 3.63) is 40.3 Å². The molecule has 0 saturated heterocycles. The molecule has 8 heteroatoms. The first-order valence-electron chi connectivity index (χ1n) is 9.44. The van der Waals surface area contributed by atoms with Crippen molar-refractivity contribution < 1.29 is 28.2 Å². The van der Waals surface area contributed by atoms with E-state index in [0.717, 1.165) is 59.8 Å². The molecule has 0 radical (unpaired) electrons. The third-order valence-electron chi connectivity index (χ3n) is 5.70. The van der Waals surface area contributed by atoms with Gasteiger partial charge in [0.1, 0.15) is 10.6 Å². The first kappa shape index (κ1) is 19.8. The molecule has 4 nitrogen and oxygen atoms in total. The lowest BCUT2D eigenvalue weighted by atomic mass is 9.82. The highest BCUT2D eigenvalue weighted by Crippen LogP contribution is 2.49. The second-order valence-electron chi connectivity index (χ2n) is 7.51. The number of hydrogen-bond acceptors (Lipinski definition) is 3. The molecular formula is C21H20F3NO3S. The Morgan fingerprint density at radius 1 is 1.17 bits per heavy atom. The van der Waals surface area contributed by atoms with Crippen LogP contribution in [0.15, 0.2) is 24.3 Å². The summed E-state index contributed by atoms with van der Waals surface area (Å²) < 4.78 is 43.7. The van der Waals surface area contributed by atoms with Crippen LogP contribution >= 0.6 is 11.3 Å². The zero-order chi connectivity index (χ0) is 20.9. The van der Waals surface area contributed by atoms with E-state index in [1.165, 1.54) is 18.2 Å². The summed E-state index contributed by atoms with van der Waals surface area (Å²) in [6.45, 7) is 0. The van der Waals surface area contributed by atoms with Gasteiger partial charge in [0.2, 0.25) is 0 Å². The highest BCUT2D eigenvalue weighted by molar-refractivity contribution is 7.21. The molecule has 2 aromatic heterocycles. The van der Waals surface area contributed by atoms with Crippen molar-refractivity contribution in [3.63, 3.8) is 0 Å². The van der Waals surface area contributed by atoms with E-state index in [0.29, 0.717) is 11.2 Å². The second kappa shape index (κ2) is 7.09. The number of nitrogens with zero attached hydrogens (tertiary/aromatic N) is 1.